The van der Waals surface area contributed by atoms with Crippen LogP contribution in [0.3, 0.4) is 0 Å². The van der Waals surface area contributed by atoms with Gasteiger partial charge in [0.2, 0.25) is 0 Å². The number of aldehydes is 1. The van der Waals surface area contributed by atoms with Gasteiger partial charge in [0.15, 0.2) is 6.29 Å². The molecule has 1 aromatic carbocycles. The quantitative estimate of drug-likeness (QED) is 0.626. The first-order chi connectivity index (χ1) is 10.5. The lowest BCUT2D eigenvalue weighted by atomic mass is 10.0. The highest BCUT2D eigenvalue weighted by atomic mass is 19.1. The number of nitrogens with zero attached hydrogens (tertiary/aromatic N) is 1. The molecule has 0 saturated carbocycles. The van der Waals surface area contributed by atoms with Crippen LogP contribution in [0.15, 0.2) is 24.3 Å². The van der Waals surface area contributed by atoms with Crippen LogP contribution < -0.4 is 0 Å². The molecule has 0 spiro atoms. The van der Waals surface area contributed by atoms with E-state index in [4.69, 9.17) is 4.74 Å². The van der Waals surface area contributed by atoms with Gasteiger partial charge < -0.3 is 9.30 Å². The zero-order valence-electron chi connectivity index (χ0n) is 12.9. The van der Waals surface area contributed by atoms with Crippen molar-refractivity contribution in [3.8, 4) is 11.1 Å². The Balaban J connectivity index is 2.71. The average molecular weight is 303 g/mol. The van der Waals surface area contributed by atoms with Crippen molar-refractivity contribution >= 4 is 12.3 Å². The first-order valence-electron chi connectivity index (χ1n) is 7.16. The molecule has 0 N–H and O–H groups in total. The van der Waals surface area contributed by atoms with Crippen LogP contribution in [0.4, 0.5) is 4.39 Å². The van der Waals surface area contributed by atoms with Gasteiger partial charge >= 0.3 is 5.97 Å². The number of benzene rings is 1. The van der Waals surface area contributed by atoms with E-state index in [2.05, 4.69) is 0 Å². The van der Waals surface area contributed by atoms with Gasteiger partial charge in [-0.25, -0.2) is 9.18 Å². The lowest BCUT2D eigenvalue weighted by molar-refractivity contribution is 0.0513. The van der Waals surface area contributed by atoms with Gasteiger partial charge in [-0.05, 0) is 44.0 Å². The first kappa shape index (κ1) is 15.9. The van der Waals surface area contributed by atoms with Crippen LogP contribution in [0, 0.1) is 12.7 Å². The Morgan fingerprint density at radius 3 is 2.41 bits per heavy atom. The molecule has 0 atom stereocenters. The second-order valence-corrected chi connectivity index (χ2v) is 4.82. The van der Waals surface area contributed by atoms with Gasteiger partial charge in [0.1, 0.15) is 11.5 Å². The molecule has 5 heteroatoms. The molecule has 0 saturated heterocycles. The Morgan fingerprint density at radius 1 is 1.27 bits per heavy atom. The standard InChI is InChI=1S/C17H18FNO3/c1-4-19-14(10-20)15(12-6-8-13(18)9-7-12)11(3)16(19)17(21)22-5-2/h6-10H,4-5H2,1-3H3. The molecule has 0 radical (unpaired) electrons. The minimum Gasteiger partial charge on any atom is -0.461 e. The predicted octanol–water partition coefficient (Wildman–Crippen LogP) is 3.61. The third kappa shape index (κ3) is 2.66. The highest BCUT2D eigenvalue weighted by molar-refractivity contribution is 5.98. The van der Waals surface area contributed by atoms with Crippen molar-refractivity contribution in [1.29, 1.82) is 0 Å². The maximum absolute atomic E-state index is 13.1. The fourth-order valence-electron chi connectivity index (χ4n) is 2.66. The summed E-state index contributed by atoms with van der Waals surface area (Å²) in [4.78, 5) is 23.7. The highest BCUT2D eigenvalue weighted by Gasteiger charge is 2.25. The predicted molar refractivity (Wildman–Crippen MR) is 81.6 cm³/mol. The number of hydrogen-bond donors (Lipinski definition) is 0. The van der Waals surface area contributed by atoms with Crippen molar-refractivity contribution in [1.82, 2.24) is 4.57 Å². The zero-order chi connectivity index (χ0) is 16.3. The number of hydrogen-bond acceptors (Lipinski definition) is 3. The Morgan fingerprint density at radius 2 is 1.91 bits per heavy atom. The molecule has 4 nitrogen and oxygen atoms in total. The summed E-state index contributed by atoms with van der Waals surface area (Å²) in [7, 11) is 0. The first-order valence-corrected chi connectivity index (χ1v) is 7.16. The number of carbonyl (C=O) groups is 2. The SMILES string of the molecule is CCOC(=O)c1c(C)c(-c2ccc(F)cc2)c(C=O)n1CC. The summed E-state index contributed by atoms with van der Waals surface area (Å²) >= 11 is 0. The molecule has 1 heterocycles. The smallest absolute Gasteiger partial charge is 0.355 e. The molecule has 0 bridgehead atoms. The summed E-state index contributed by atoms with van der Waals surface area (Å²) in [5.74, 6) is -0.812. The van der Waals surface area contributed by atoms with E-state index in [9.17, 15) is 14.0 Å². The lowest BCUT2D eigenvalue weighted by Gasteiger charge is -2.08. The molecule has 0 amide bonds. The second-order valence-electron chi connectivity index (χ2n) is 4.82. The van der Waals surface area contributed by atoms with Gasteiger partial charge in [-0.15, -0.1) is 0 Å². The van der Waals surface area contributed by atoms with Gasteiger partial charge in [-0.3, -0.25) is 4.79 Å². The molecule has 2 rings (SSSR count). The lowest BCUT2D eigenvalue weighted by Crippen LogP contribution is -2.14. The molecule has 1 aromatic heterocycles. The largest absolute Gasteiger partial charge is 0.461 e. The topological polar surface area (TPSA) is 48.3 Å². The van der Waals surface area contributed by atoms with Crippen molar-refractivity contribution in [2.75, 3.05) is 6.61 Å². The van der Waals surface area contributed by atoms with Crippen LogP contribution in [0.25, 0.3) is 11.1 Å². The third-order valence-corrected chi connectivity index (χ3v) is 3.58. The number of halogens is 1. The number of rotatable bonds is 5. The monoisotopic (exact) mass is 303 g/mol. The van der Waals surface area contributed by atoms with E-state index in [1.54, 1.807) is 30.5 Å². The van der Waals surface area contributed by atoms with Crippen LogP contribution in [-0.4, -0.2) is 23.4 Å². The summed E-state index contributed by atoms with van der Waals surface area (Å²) in [5.41, 5.74) is 2.76. The van der Waals surface area contributed by atoms with Crippen molar-refractivity contribution in [3.63, 3.8) is 0 Å². The average Bonchev–Trinajstić information content (AvgIpc) is 2.80. The van der Waals surface area contributed by atoms with E-state index in [1.165, 1.54) is 12.1 Å². The van der Waals surface area contributed by atoms with E-state index < -0.39 is 5.97 Å². The van der Waals surface area contributed by atoms with Crippen molar-refractivity contribution in [2.45, 2.75) is 27.3 Å². The number of carbonyl (C=O) groups excluding carboxylic acids is 2. The number of aromatic nitrogens is 1. The summed E-state index contributed by atoms with van der Waals surface area (Å²) in [6.45, 7) is 6.07. The van der Waals surface area contributed by atoms with Crippen LogP contribution in [-0.2, 0) is 11.3 Å². The fraction of sp³-hybridized carbons (Fsp3) is 0.294. The van der Waals surface area contributed by atoms with Crippen LogP contribution in [0.1, 0.15) is 40.4 Å². The van der Waals surface area contributed by atoms with Crippen molar-refractivity contribution in [3.05, 3.63) is 47.0 Å². The van der Waals surface area contributed by atoms with Gasteiger partial charge in [0.05, 0.1) is 12.3 Å². The number of esters is 1. The van der Waals surface area contributed by atoms with Crippen LogP contribution in [0.2, 0.25) is 0 Å². The second kappa shape index (κ2) is 6.56. The molecule has 116 valence electrons. The molecule has 0 aliphatic carbocycles. The van der Waals surface area contributed by atoms with Gasteiger partial charge in [-0.2, -0.15) is 0 Å². The third-order valence-electron chi connectivity index (χ3n) is 3.58. The summed E-state index contributed by atoms with van der Waals surface area (Å²) < 4.78 is 19.8. The van der Waals surface area contributed by atoms with E-state index >= 15 is 0 Å². The van der Waals surface area contributed by atoms with E-state index in [1.807, 2.05) is 6.92 Å². The van der Waals surface area contributed by atoms with E-state index in [-0.39, 0.29) is 12.4 Å². The molecule has 0 unspecified atom stereocenters. The Hall–Kier alpha value is -2.43. The van der Waals surface area contributed by atoms with Gasteiger partial charge in [-0.1, -0.05) is 12.1 Å². The van der Waals surface area contributed by atoms with Crippen molar-refractivity contribution < 1.29 is 18.7 Å². The van der Waals surface area contributed by atoms with E-state index in [0.29, 0.717) is 34.6 Å². The summed E-state index contributed by atoms with van der Waals surface area (Å²) in [5, 5.41) is 0. The maximum Gasteiger partial charge on any atom is 0.355 e. The molecule has 0 fully saturated rings. The zero-order valence-corrected chi connectivity index (χ0v) is 12.9. The summed E-state index contributed by atoms with van der Waals surface area (Å²) in [6, 6.07) is 5.85. The minimum atomic E-state index is -0.460. The Labute approximate surface area is 128 Å². The molecule has 0 aliphatic rings. The Kier molecular flexibility index (Phi) is 4.75. The van der Waals surface area contributed by atoms with Gasteiger partial charge in [0, 0.05) is 12.1 Å². The normalized spacial score (nSPS) is 10.5. The van der Waals surface area contributed by atoms with Crippen molar-refractivity contribution in [2.24, 2.45) is 0 Å². The molecule has 2 aromatic rings. The molecule has 22 heavy (non-hydrogen) atoms. The molecular formula is C17H18FNO3. The number of ether oxygens (including phenoxy) is 1. The molecular weight excluding hydrogens is 285 g/mol. The summed E-state index contributed by atoms with van der Waals surface area (Å²) in [6.07, 6.45) is 0.720. The van der Waals surface area contributed by atoms with Crippen LogP contribution >= 0.6 is 0 Å². The maximum atomic E-state index is 13.1. The minimum absolute atomic E-state index is 0.259. The van der Waals surface area contributed by atoms with Gasteiger partial charge in [0.25, 0.3) is 0 Å². The van der Waals surface area contributed by atoms with Crippen LogP contribution in [0.5, 0.6) is 0 Å². The van der Waals surface area contributed by atoms with E-state index in [0.717, 1.165) is 6.29 Å². The Bertz CT molecular complexity index is 702. The molecule has 0 aliphatic heterocycles. The highest BCUT2D eigenvalue weighted by Crippen LogP contribution is 2.32. The fourth-order valence-corrected chi connectivity index (χ4v) is 2.66.